The Morgan fingerprint density at radius 1 is 1.10 bits per heavy atom. The van der Waals surface area contributed by atoms with E-state index in [0.717, 1.165) is 33.0 Å². The number of rotatable bonds is 2. The summed E-state index contributed by atoms with van der Waals surface area (Å²) in [6.07, 6.45) is 4.75. The zero-order valence-electron chi connectivity index (χ0n) is 10.8. The molecule has 5 heteroatoms. The lowest BCUT2D eigenvalue weighted by atomic mass is 10.0. The van der Waals surface area contributed by atoms with Gasteiger partial charge in [-0.25, -0.2) is 4.98 Å². The van der Waals surface area contributed by atoms with Gasteiger partial charge in [-0.3, -0.25) is 4.79 Å². The molecule has 0 aliphatic heterocycles. The minimum atomic E-state index is -0.0732. The highest BCUT2D eigenvalue weighted by atomic mass is 79.9. The maximum atomic E-state index is 11.9. The van der Waals surface area contributed by atoms with Crippen molar-refractivity contribution in [2.45, 2.75) is 31.6 Å². The zero-order valence-corrected chi connectivity index (χ0v) is 14.0. The summed E-state index contributed by atoms with van der Waals surface area (Å²) in [6.45, 7) is 0. The molecule has 0 saturated heterocycles. The van der Waals surface area contributed by atoms with E-state index in [-0.39, 0.29) is 5.56 Å². The summed E-state index contributed by atoms with van der Waals surface area (Å²) in [5, 5.41) is 0. The Labute approximate surface area is 134 Å². The van der Waals surface area contributed by atoms with Gasteiger partial charge in [0.05, 0.1) is 5.69 Å². The van der Waals surface area contributed by atoms with Gasteiger partial charge in [-0.05, 0) is 56.8 Å². The van der Waals surface area contributed by atoms with Crippen molar-refractivity contribution in [2.75, 3.05) is 0 Å². The first-order chi connectivity index (χ1) is 9.63. The summed E-state index contributed by atoms with van der Waals surface area (Å²) in [6, 6.07) is 7.50. The third-order valence-corrected chi connectivity index (χ3v) is 5.61. The third-order valence-electron chi connectivity index (χ3n) is 3.73. The first kappa shape index (κ1) is 14.0. The number of aromatic amines is 1. The summed E-state index contributed by atoms with van der Waals surface area (Å²) in [5.41, 5.74) is 1.77. The average molecular weight is 398 g/mol. The fourth-order valence-electron chi connectivity index (χ4n) is 2.69. The van der Waals surface area contributed by atoms with Crippen LogP contribution in [-0.4, -0.2) is 9.97 Å². The maximum Gasteiger partial charge on any atom is 0.251 e. The Morgan fingerprint density at radius 3 is 2.55 bits per heavy atom. The van der Waals surface area contributed by atoms with Gasteiger partial charge in [-0.15, -0.1) is 0 Å². The lowest BCUT2D eigenvalue weighted by Gasteiger charge is -2.10. The Morgan fingerprint density at radius 2 is 1.85 bits per heavy atom. The van der Waals surface area contributed by atoms with E-state index in [1.54, 1.807) is 6.07 Å². The van der Waals surface area contributed by atoms with Crippen molar-refractivity contribution in [3.05, 3.63) is 49.3 Å². The maximum absolute atomic E-state index is 11.9. The predicted octanol–water partition coefficient (Wildman–Crippen LogP) is 4.62. The zero-order chi connectivity index (χ0) is 14.1. The Hall–Kier alpha value is -0.940. The number of nitrogens with one attached hydrogen (secondary N) is 1. The van der Waals surface area contributed by atoms with E-state index in [1.165, 1.54) is 12.8 Å². The summed E-state index contributed by atoms with van der Waals surface area (Å²) in [5.74, 6) is 1.09. The standard InChI is InChI=1S/C15H14Br2N2O/c16-11-6-5-10(7-12(11)17)15-18-13(8-14(20)19-15)9-3-1-2-4-9/h5-9H,1-4H2,(H,18,19,20). The van der Waals surface area contributed by atoms with Gasteiger partial charge in [-0.1, -0.05) is 18.9 Å². The van der Waals surface area contributed by atoms with E-state index >= 15 is 0 Å². The van der Waals surface area contributed by atoms with Gasteiger partial charge >= 0.3 is 0 Å². The van der Waals surface area contributed by atoms with Gasteiger partial charge in [0.15, 0.2) is 0 Å². The number of benzene rings is 1. The summed E-state index contributed by atoms with van der Waals surface area (Å²) >= 11 is 6.93. The van der Waals surface area contributed by atoms with Crippen LogP contribution in [0.2, 0.25) is 0 Å². The SMILES string of the molecule is O=c1cc(C2CCCC2)nc(-c2ccc(Br)c(Br)c2)[nH]1. The molecule has 0 amide bonds. The van der Waals surface area contributed by atoms with Crippen LogP contribution in [0.4, 0.5) is 0 Å². The van der Waals surface area contributed by atoms with E-state index in [0.29, 0.717) is 11.7 Å². The Bertz CT molecular complexity index is 691. The minimum absolute atomic E-state index is 0.0732. The number of hydrogen-bond donors (Lipinski definition) is 1. The Balaban J connectivity index is 2.04. The molecular weight excluding hydrogens is 384 g/mol. The largest absolute Gasteiger partial charge is 0.307 e. The van der Waals surface area contributed by atoms with E-state index in [2.05, 4.69) is 41.8 Å². The molecule has 0 spiro atoms. The third kappa shape index (κ3) is 2.88. The highest BCUT2D eigenvalue weighted by Gasteiger charge is 2.19. The predicted molar refractivity (Wildman–Crippen MR) is 86.9 cm³/mol. The average Bonchev–Trinajstić information content (AvgIpc) is 2.95. The molecule has 104 valence electrons. The number of hydrogen-bond acceptors (Lipinski definition) is 2. The van der Waals surface area contributed by atoms with Crippen LogP contribution >= 0.6 is 31.9 Å². The van der Waals surface area contributed by atoms with Crippen LogP contribution in [-0.2, 0) is 0 Å². The molecule has 3 rings (SSSR count). The van der Waals surface area contributed by atoms with Gasteiger partial charge in [0.2, 0.25) is 0 Å². The lowest BCUT2D eigenvalue weighted by Crippen LogP contribution is -2.12. The van der Waals surface area contributed by atoms with Crippen molar-refractivity contribution in [2.24, 2.45) is 0 Å². The monoisotopic (exact) mass is 396 g/mol. The van der Waals surface area contributed by atoms with Crippen LogP contribution in [0.5, 0.6) is 0 Å². The second-order valence-electron chi connectivity index (χ2n) is 5.13. The summed E-state index contributed by atoms with van der Waals surface area (Å²) < 4.78 is 1.93. The fraction of sp³-hybridized carbons (Fsp3) is 0.333. The van der Waals surface area contributed by atoms with Crippen LogP contribution in [0.3, 0.4) is 0 Å². The second-order valence-corrected chi connectivity index (χ2v) is 6.84. The molecule has 1 saturated carbocycles. The van der Waals surface area contributed by atoms with Gasteiger partial charge < -0.3 is 4.98 Å². The van der Waals surface area contributed by atoms with Crippen LogP contribution < -0.4 is 5.56 Å². The fourth-order valence-corrected chi connectivity index (χ4v) is 3.31. The van der Waals surface area contributed by atoms with Crippen LogP contribution in [0.25, 0.3) is 11.4 Å². The molecule has 1 heterocycles. The molecule has 0 bridgehead atoms. The highest BCUT2D eigenvalue weighted by molar-refractivity contribution is 9.13. The molecule has 0 radical (unpaired) electrons. The van der Waals surface area contributed by atoms with Gasteiger partial charge in [0, 0.05) is 26.5 Å². The van der Waals surface area contributed by atoms with Crippen molar-refractivity contribution in [1.29, 1.82) is 0 Å². The first-order valence-electron chi connectivity index (χ1n) is 6.70. The van der Waals surface area contributed by atoms with Crippen molar-refractivity contribution in [3.63, 3.8) is 0 Å². The van der Waals surface area contributed by atoms with Gasteiger partial charge in [0.25, 0.3) is 5.56 Å². The molecule has 1 fully saturated rings. The first-order valence-corrected chi connectivity index (χ1v) is 8.29. The smallest absolute Gasteiger partial charge is 0.251 e. The number of H-pyrrole nitrogens is 1. The molecule has 1 aromatic carbocycles. The van der Waals surface area contributed by atoms with Gasteiger partial charge in [-0.2, -0.15) is 0 Å². The van der Waals surface area contributed by atoms with E-state index in [1.807, 2.05) is 18.2 Å². The lowest BCUT2D eigenvalue weighted by molar-refractivity contribution is 0.693. The van der Waals surface area contributed by atoms with Crippen molar-refractivity contribution < 1.29 is 0 Å². The molecule has 1 aliphatic rings. The normalized spacial score (nSPS) is 15.7. The quantitative estimate of drug-likeness (QED) is 0.803. The van der Waals surface area contributed by atoms with Crippen molar-refractivity contribution >= 4 is 31.9 Å². The second kappa shape index (κ2) is 5.82. The van der Waals surface area contributed by atoms with Crippen molar-refractivity contribution in [1.82, 2.24) is 9.97 Å². The van der Waals surface area contributed by atoms with E-state index in [4.69, 9.17) is 0 Å². The van der Waals surface area contributed by atoms with Gasteiger partial charge in [0.1, 0.15) is 5.82 Å². The number of halogens is 2. The topological polar surface area (TPSA) is 45.8 Å². The molecule has 1 aromatic heterocycles. The molecule has 1 N–H and O–H groups in total. The minimum Gasteiger partial charge on any atom is -0.307 e. The van der Waals surface area contributed by atoms with E-state index in [9.17, 15) is 4.79 Å². The summed E-state index contributed by atoms with van der Waals surface area (Å²) in [4.78, 5) is 19.4. The molecule has 1 aliphatic carbocycles. The summed E-state index contributed by atoms with van der Waals surface area (Å²) in [7, 11) is 0. The molecule has 3 nitrogen and oxygen atoms in total. The van der Waals surface area contributed by atoms with Crippen LogP contribution in [0, 0.1) is 0 Å². The van der Waals surface area contributed by atoms with E-state index < -0.39 is 0 Å². The molecule has 2 aromatic rings. The highest BCUT2D eigenvalue weighted by Crippen LogP contribution is 2.33. The van der Waals surface area contributed by atoms with Crippen LogP contribution in [0.15, 0.2) is 38.0 Å². The van der Waals surface area contributed by atoms with Crippen molar-refractivity contribution in [3.8, 4) is 11.4 Å². The number of nitrogens with zero attached hydrogens (tertiary/aromatic N) is 1. The molecule has 0 atom stereocenters. The van der Waals surface area contributed by atoms with Crippen LogP contribution in [0.1, 0.15) is 37.3 Å². The molecule has 20 heavy (non-hydrogen) atoms. The number of aromatic nitrogens is 2. The molecular formula is C15H14Br2N2O. The Kier molecular flexibility index (Phi) is 4.08. The molecule has 0 unspecified atom stereocenters.